The molecule has 0 spiro atoms. The molecule has 1 amide bonds. The summed E-state index contributed by atoms with van der Waals surface area (Å²) in [5.74, 6) is -0.268. The van der Waals surface area contributed by atoms with Crippen LogP contribution in [0.3, 0.4) is 0 Å². The molecule has 3 fully saturated rings. The average Bonchev–Trinajstić information content (AvgIpc) is 0.795. The second-order valence-electron chi connectivity index (χ2n) is 30.6. The molecule has 634 valence electrons. The van der Waals surface area contributed by atoms with Gasteiger partial charge in [-0.15, -0.1) is 0 Å². The first-order chi connectivity index (χ1) is 53.8. The zero-order valence-electron chi connectivity index (χ0n) is 68.2. The number of carbonyl (C=O) groups is 1. The van der Waals surface area contributed by atoms with Crippen LogP contribution in [0.5, 0.6) is 0 Å². The Morgan fingerprint density at radius 2 is 0.627 bits per heavy atom. The van der Waals surface area contributed by atoms with Crippen LogP contribution in [0.25, 0.3) is 0 Å². The van der Waals surface area contributed by atoms with Crippen LogP contribution in [0.2, 0.25) is 0 Å². The third kappa shape index (κ3) is 47.9. The Balaban J connectivity index is 1.36. The molecule has 0 aromatic carbocycles. The molecule has 17 unspecified atom stereocenters. The predicted octanol–water partition coefficient (Wildman–Crippen LogP) is 16.2. The topological polar surface area (TPSA) is 307 Å². The summed E-state index contributed by atoms with van der Waals surface area (Å²) in [7, 11) is 0. The number of rotatable bonds is 69. The minimum Gasteiger partial charge on any atom is -0.394 e. The first-order valence-corrected chi connectivity index (χ1v) is 43.8. The number of carbonyl (C=O) groups excluding carboxylic acids is 1. The van der Waals surface area contributed by atoms with Crippen molar-refractivity contribution in [1.82, 2.24) is 5.32 Å². The van der Waals surface area contributed by atoms with Crippen molar-refractivity contribution >= 4 is 5.91 Å². The number of allylic oxidation sites excluding steroid dienone is 20. The van der Waals surface area contributed by atoms with E-state index >= 15 is 0 Å². The Hall–Kier alpha value is -3.81. The lowest BCUT2D eigenvalue weighted by Gasteiger charge is -2.48. The van der Waals surface area contributed by atoms with Crippen molar-refractivity contribution in [2.75, 3.05) is 26.4 Å². The largest absolute Gasteiger partial charge is 0.394 e. The fraction of sp³-hybridized carbons (Fsp3) is 0.769. The summed E-state index contributed by atoms with van der Waals surface area (Å²) >= 11 is 0. The summed E-state index contributed by atoms with van der Waals surface area (Å²) in [6, 6.07) is -0.913. The van der Waals surface area contributed by atoms with Gasteiger partial charge in [0.25, 0.3) is 0 Å². The number of nitrogens with one attached hydrogen (secondary N) is 1. The van der Waals surface area contributed by atoms with Crippen LogP contribution in [0, 0.1) is 0 Å². The predicted molar refractivity (Wildman–Crippen MR) is 443 cm³/mol. The van der Waals surface area contributed by atoms with Crippen LogP contribution in [0.4, 0.5) is 0 Å². The molecule has 0 aromatic heterocycles. The van der Waals surface area contributed by atoms with Crippen LogP contribution in [-0.4, -0.2) is 193 Å². The Bertz CT molecular complexity index is 2460. The van der Waals surface area contributed by atoms with E-state index in [2.05, 4.69) is 141 Å². The van der Waals surface area contributed by atoms with Crippen molar-refractivity contribution in [1.29, 1.82) is 0 Å². The molecule has 3 saturated heterocycles. The second kappa shape index (κ2) is 69.5. The van der Waals surface area contributed by atoms with Gasteiger partial charge in [0.2, 0.25) is 5.91 Å². The molecule has 17 atom stereocenters. The number of aliphatic hydroxyl groups excluding tert-OH is 11. The lowest BCUT2D eigenvalue weighted by molar-refractivity contribution is -0.379. The fourth-order valence-corrected chi connectivity index (χ4v) is 14.1. The zero-order chi connectivity index (χ0) is 79.5. The van der Waals surface area contributed by atoms with Crippen LogP contribution in [0.1, 0.15) is 316 Å². The molecule has 19 heteroatoms. The molecule has 19 nitrogen and oxygen atoms in total. The summed E-state index contributed by atoms with van der Waals surface area (Å²) < 4.78 is 34.6. The number of ether oxygens (including phenoxy) is 6. The molecule has 3 aliphatic heterocycles. The maximum atomic E-state index is 13.5. The van der Waals surface area contributed by atoms with Crippen molar-refractivity contribution < 1.29 is 89.4 Å². The number of amides is 1. The Morgan fingerprint density at radius 1 is 0.336 bits per heavy atom. The van der Waals surface area contributed by atoms with E-state index in [0.717, 1.165) is 116 Å². The van der Waals surface area contributed by atoms with E-state index in [1.807, 2.05) is 0 Å². The molecule has 3 aliphatic rings. The normalized spacial score (nSPS) is 25.8. The van der Waals surface area contributed by atoms with Gasteiger partial charge in [0.1, 0.15) is 73.2 Å². The monoisotopic (exact) mass is 1550 g/mol. The second-order valence-corrected chi connectivity index (χ2v) is 30.6. The number of aliphatic hydroxyl groups is 11. The molecule has 0 bridgehead atoms. The van der Waals surface area contributed by atoms with E-state index in [4.69, 9.17) is 28.4 Å². The first-order valence-electron chi connectivity index (χ1n) is 43.8. The molecule has 0 aliphatic carbocycles. The number of hydrogen-bond donors (Lipinski definition) is 12. The third-order valence-corrected chi connectivity index (χ3v) is 21.1. The van der Waals surface area contributed by atoms with Gasteiger partial charge in [-0.3, -0.25) is 4.79 Å². The van der Waals surface area contributed by atoms with Crippen LogP contribution < -0.4 is 5.32 Å². The lowest BCUT2D eigenvalue weighted by Crippen LogP contribution is -2.66. The fourth-order valence-electron chi connectivity index (χ4n) is 14.1. The van der Waals surface area contributed by atoms with E-state index in [0.29, 0.717) is 12.8 Å². The highest BCUT2D eigenvalue weighted by atomic mass is 16.8. The molecular formula is C91H157NO18. The van der Waals surface area contributed by atoms with E-state index in [-0.39, 0.29) is 18.9 Å². The van der Waals surface area contributed by atoms with Gasteiger partial charge >= 0.3 is 0 Å². The maximum Gasteiger partial charge on any atom is 0.220 e. The highest BCUT2D eigenvalue weighted by molar-refractivity contribution is 5.76. The lowest BCUT2D eigenvalue weighted by atomic mass is 9.96. The van der Waals surface area contributed by atoms with Crippen molar-refractivity contribution in [3.8, 4) is 0 Å². The summed E-state index contributed by atoms with van der Waals surface area (Å²) in [6.45, 7) is 1.70. The number of unbranched alkanes of at least 4 members (excludes halogenated alkanes) is 33. The van der Waals surface area contributed by atoms with Crippen LogP contribution in [-0.2, 0) is 33.2 Å². The van der Waals surface area contributed by atoms with Crippen LogP contribution in [0.15, 0.2) is 122 Å². The minimum atomic E-state index is -1.98. The molecule has 12 N–H and O–H groups in total. The van der Waals surface area contributed by atoms with Gasteiger partial charge in [-0.1, -0.05) is 341 Å². The van der Waals surface area contributed by atoms with Gasteiger partial charge in [0.15, 0.2) is 18.9 Å². The summed E-state index contributed by atoms with van der Waals surface area (Å²) in [5.41, 5.74) is 0. The maximum absolute atomic E-state index is 13.5. The van der Waals surface area contributed by atoms with Gasteiger partial charge < -0.3 is 89.9 Å². The molecule has 3 rings (SSSR count). The molecule has 0 radical (unpaired) electrons. The summed E-state index contributed by atoms with van der Waals surface area (Å²) in [5, 5.41) is 121. The van der Waals surface area contributed by atoms with Gasteiger partial charge in [0, 0.05) is 6.42 Å². The Kier molecular flexibility index (Phi) is 63.4. The molecule has 3 heterocycles. The van der Waals surface area contributed by atoms with E-state index in [1.54, 1.807) is 0 Å². The molecule has 0 aromatic rings. The highest BCUT2D eigenvalue weighted by Gasteiger charge is 2.54. The average molecular weight is 1550 g/mol. The van der Waals surface area contributed by atoms with E-state index in [9.17, 15) is 61.0 Å². The van der Waals surface area contributed by atoms with Crippen molar-refractivity contribution in [2.24, 2.45) is 0 Å². The van der Waals surface area contributed by atoms with E-state index < -0.39 is 124 Å². The van der Waals surface area contributed by atoms with E-state index in [1.165, 1.54) is 167 Å². The van der Waals surface area contributed by atoms with Crippen LogP contribution >= 0.6 is 0 Å². The minimum absolute atomic E-state index is 0.229. The molecular weight excluding hydrogens is 1390 g/mol. The van der Waals surface area contributed by atoms with Gasteiger partial charge in [-0.25, -0.2) is 0 Å². The summed E-state index contributed by atoms with van der Waals surface area (Å²) in [6.07, 6.45) is 71.5. The third-order valence-electron chi connectivity index (χ3n) is 21.1. The first kappa shape index (κ1) is 100. The smallest absolute Gasteiger partial charge is 0.220 e. The molecule has 110 heavy (non-hydrogen) atoms. The van der Waals surface area contributed by atoms with Crippen molar-refractivity contribution in [3.05, 3.63) is 122 Å². The number of hydrogen-bond acceptors (Lipinski definition) is 18. The van der Waals surface area contributed by atoms with Gasteiger partial charge in [-0.05, 0) is 89.9 Å². The van der Waals surface area contributed by atoms with Crippen molar-refractivity contribution in [3.63, 3.8) is 0 Å². The van der Waals surface area contributed by atoms with Gasteiger partial charge in [0.05, 0.1) is 38.6 Å². The Morgan fingerprint density at radius 3 is 0.982 bits per heavy atom. The SMILES string of the molecule is CC/C=C\C/C=C\C/C=C\C/C=C\C/C=C\C/C=C\C/C=C\C/C=C\C/C=C\C/C=C\CCCCCCC(=O)NC(COC1OC(CO)C(OC2OC(CO)C(OC3OC(CO)C(O)C(O)C3O)C(O)C2O)C(O)C1O)C(O)CCCCCCCCCCCCCCCCCCCCCCCCCCCCCCCC. The highest BCUT2D eigenvalue weighted by Crippen LogP contribution is 2.33. The molecule has 0 saturated carbocycles. The Labute approximate surface area is 665 Å². The standard InChI is InChI=1S/C91H157NO18/c1-3-5-7-9-11-13-15-17-19-21-23-25-27-29-31-33-35-36-37-38-39-41-43-45-47-49-51-53-55-57-59-61-63-65-67-69-79(97)92-74(75(96)68-66-64-62-60-58-56-54-52-50-48-46-44-42-40-34-32-30-28-26-24-22-20-18-16-14-12-10-8-6-4-2)73-105-89-85(103)82(100)87(77(71-94)107-89)110-91-86(104)83(101)88(78(72-95)108-91)109-90-84(102)81(99)80(98)76(70-93)106-90/h5,7,11,13,17,19,23,25,29,31,35-36,38-39,43,45,49,51,55,57,74-78,80-91,93-96,98-104H,3-4,6,8-10,12,14-16,18,20-22,24,26-28,30,32-34,37,40-42,44,46-48,50,52-54,56,58-73H2,1-2H3,(H,92,97)/b7-5-,13-11-,19-17-,25-23-,31-29-,36-35-,39-38-,45-43-,51-49-,57-55-. The van der Waals surface area contributed by atoms with Gasteiger partial charge in [-0.2, -0.15) is 0 Å². The zero-order valence-corrected chi connectivity index (χ0v) is 68.2. The summed E-state index contributed by atoms with van der Waals surface area (Å²) in [4.78, 5) is 13.5. The van der Waals surface area contributed by atoms with Crippen molar-refractivity contribution in [2.45, 2.75) is 420 Å². The quantitative estimate of drug-likeness (QED) is 0.0199.